The third kappa shape index (κ3) is 5.57. The molecule has 39 heavy (non-hydrogen) atoms. The number of fused-ring (bicyclic) bond motifs is 3. The van der Waals surface area contributed by atoms with Gasteiger partial charge in [-0.15, -0.1) is 0 Å². The topological polar surface area (TPSA) is 94.1 Å². The molecule has 7 heteroatoms. The lowest BCUT2D eigenvalue weighted by Gasteiger charge is -2.23. The summed E-state index contributed by atoms with van der Waals surface area (Å²) in [5.74, 6) is -0.0680. The minimum atomic E-state index is -1.06. The largest absolute Gasteiger partial charge is 0.496 e. The summed E-state index contributed by atoms with van der Waals surface area (Å²) in [6.45, 7) is 1.72. The number of aliphatic carboxylic acids is 1. The number of nitrogens with one attached hydrogen (secondary N) is 1. The summed E-state index contributed by atoms with van der Waals surface area (Å²) in [4.78, 5) is 24.1. The van der Waals surface area contributed by atoms with Crippen molar-refractivity contribution >= 4 is 12.1 Å². The molecule has 4 aromatic carbocycles. The first kappa shape index (κ1) is 25.9. The molecule has 0 saturated heterocycles. The maximum absolute atomic E-state index is 13.2. The van der Waals surface area contributed by atoms with Crippen molar-refractivity contribution in [2.24, 2.45) is 0 Å². The Labute approximate surface area is 227 Å². The molecule has 5 rings (SSSR count). The molecule has 0 saturated carbocycles. The van der Waals surface area contributed by atoms with E-state index in [1.54, 1.807) is 31.4 Å². The number of carbonyl (C=O) groups is 2. The first-order chi connectivity index (χ1) is 18.9. The number of rotatable bonds is 9. The normalized spacial score (nSPS) is 12.7. The Hall–Kier alpha value is -4.78. The van der Waals surface area contributed by atoms with Gasteiger partial charge in [0.25, 0.3) is 0 Å². The highest BCUT2D eigenvalue weighted by molar-refractivity contribution is 5.79. The molecular formula is C32H29NO6. The summed E-state index contributed by atoms with van der Waals surface area (Å²) in [6, 6.07) is 28.5. The van der Waals surface area contributed by atoms with Crippen LogP contribution in [0.3, 0.4) is 0 Å². The highest BCUT2D eigenvalue weighted by Gasteiger charge is 2.30. The summed E-state index contributed by atoms with van der Waals surface area (Å²) < 4.78 is 16.7. The smallest absolute Gasteiger partial charge is 0.407 e. The highest BCUT2D eigenvalue weighted by atomic mass is 16.5. The fourth-order valence-corrected chi connectivity index (χ4v) is 5.06. The second kappa shape index (κ2) is 11.3. The van der Waals surface area contributed by atoms with Gasteiger partial charge >= 0.3 is 12.1 Å². The van der Waals surface area contributed by atoms with Crippen LogP contribution in [0.25, 0.3) is 11.1 Å². The molecule has 0 spiro atoms. The average Bonchev–Trinajstić information content (AvgIpc) is 3.27. The molecular weight excluding hydrogens is 494 g/mol. The minimum Gasteiger partial charge on any atom is -0.496 e. The van der Waals surface area contributed by atoms with Gasteiger partial charge in [-0.25, -0.2) is 9.59 Å². The summed E-state index contributed by atoms with van der Waals surface area (Å²) in [7, 11) is 1.59. The predicted octanol–water partition coefficient (Wildman–Crippen LogP) is 6.10. The van der Waals surface area contributed by atoms with Gasteiger partial charge in [-0.3, -0.25) is 0 Å². The number of ether oxygens (including phenoxy) is 3. The predicted molar refractivity (Wildman–Crippen MR) is 147 cm³/mol. The first-order valence-electron chi connectivity index (χ1n) is 12.6. The monoisotopic (exact) mass is 523 g/mol. The molecule has 2 N–H and O–H groups in total. The maximum atomic E-state index is 13.2. The van der Waals surface area contributed by atoms with Gasteiger partial charge < -0.3 is 24.6 Å². The molecule has 0 heterocycles. The fourth-order valence-electron chi connectivity index (χ4n) is 5.06. The van der Waals surface area contributed by atoms with Crippen LogP contribution in [0, 0.1) is 6.92 Å². The van der Waals surface area contributed by atoms with Gasteiger partial charge in [0.2, 0.25) is 0 Å². The number of carbonyl (C=O) groups excluding carboxylic acids is 1. The molecule has 1 atom stereocenters. The van der Waals surface area contributed by atoms with Gasteiger partial charge in [0, 0.05) is 11.5 Å². The number of carboxylic acid groups (broad SMARTS) is 1. The van der Waals surface area contributed by atoms with Crippen molar-refractivity contribution < 1.29 is 28.9 Å². The SMILES string of the molecule is COc1cc(C)ccc1C(NC(=O)OCC1c2ccccc2-c2ccccc21)c1ccc(OCC(=O)O)cc1. The third-order valence-corrected chi connectivity index (χ3v) is 6.88. The second-order valence-electron chi connectivity index (χ2n) is 9.40. The Balaban J connectivity index is 1.38. The molecule has 1 amide bonds. The number of aryl methyl sites for hydroxylation is 1. The zero-order valence-corrected chi connectivity index (χ0v) is 21.7. The Morgan fingerprint density at radius 3 is 2.15 bits per heavy atom. The fraction of sp³-hybridized carbons (Fsp3) is 0.188. The van der Waals surface area contributed by atoms with Crippen LogP contribution >= 0.6 is 0 Å². The maximum Gasteiger partial charge on any atom is 0.407 e. The van der Waals surface area contributed by atoms with E-state index in [0.29, 0.717) is 11.5 Å². The van der Waals surface area contributed by atoms with E-state index in [1.165, 1.54) is 0 Å². The Morgan fingerprint density at radius 1 is 0.897 bits per heavy atom. The molecule has 7 nitrogen and oxygen atoms in total. The lowest BCUT2D eigenvalue weighted by molar-refractivity contribution is -0.139. The molecule has 0 fully saturated rings. The lowest BCUT2D eigenvalue weighted by Crippen LogP contribution is -2.31. The summed E-state index contributed by atoms with van der Waals surface area (Å²) >= 11 is 0. The van der Waals surface area contributed by atoms with Crippen molar-refractivity contribution in [2.45, 2.75) is 18.9 Å². The number of benzene rings is 4. The van der Waals surface area contributed by atoms with Crippen molar-refractivity contribution in [3.05, 3.63) is 119 Å². The Kier molecular flexibility index (Phi) is 7.50. The summed E-state index contributed by atoms with van der Waals surface area (Å²) in [5.41, 5.74) is 7.14. The molecule has 1 unspecified atom stereocenters. The molecule has 198 valence electrons. The molecule has 1 aliphatic rings. The first-order valence-corrected chi connectivity index (χ1v) is 12.6. The van der Waals surface area contributed by atoms with Gasteiger partial charge in [-0.1, -0.05) is 72.8 Å². The van der Waals surface area contributed by atoms with Gasteiger partial charge in [-0.2, -0.15) is 0 Å². The van der Waals surface area contributed by atoms with Crippen LogP contribution in [0.2, 0.25) is 0 Å². The van der Waals surface area contributed by atoms with Gasteiger partial charge in [0.05, 0.1) is 13.2 Å². The van der Waals surface area contributed by atoms with Crippen LogP contribution in [-0.4, -0.2) is 37.5 Å². The van der Waals surface area contributed by atoms with Gasteiger partial charge in [0.15, 0.2) is 6.61 Å². The van der Waals surface area contributed by atoms with E-state index in [0.717, 1.165) is 38.9 Å². The third-order valence-electron chi connectivity index (χ3n) is 6.88. The van der Waals surface area contributed by atoms with Crippen molar-refractivity contribution in [1.29, 1.82) is 0 Å². The van der Waals surface area contributed by atoms with E-state index in [-0.39, 0.29) is 12.5 Å². The van der Waals surface area contributed by atoms with Crippen LogP contribution in [0.1, 0.15) is 39.8 Å². The molecule has 0 aliphatic heterocycles. The number of methoxy groups -OCH3 is 1. The minimum absolute atomic E-state index is 0.0545. The Bertz CT molecular complexity index is 1450. The Morgan fingerprint density at radius 2 is 1.54 bits per heavy atom. The number of amides is 1. The standard InChI is InChI=1S/C32H29NO6/c1-20-11-16-27(29(17-20)37-2)31(21-12-14-22(15-13-21)38-19-30(34)35)33-32(36)39-18-28-25-9-5-3-7-23(25)24-8-4-6-10-26(24)28/h3-17,28,31H,18-19H2,1-2H3,(H,33,36)(H,34,35). The van der Waals surface area contributed by atoms with Crippen molar-refractivity contribution in [2.75, 3.05) is 20.3 Å². The van der Waals surface area contributed by atoms with Crippen LogP contribution in [0.5, 0.6) is 11.5 Å². The molecule has 0 radical (unpaired) electrons. The number of alkyl carbamates (subject to hydrolysis) is 1. The van der Waals surface area contributed by atoms with E-state index in [4.69, 9.17) is 19.3 Å². The second-order valence-corrected chi connectivity index (χ2v) is 9.40. The zero-order valence-electron chi connectivity index (χ0n) is 21.7. The average molecular weight is 524 g/mol. The van der Waals surface area contributed by atoms with E-state index < -0.39 is 24.7 Å². The molecule has 4 aromatic rings. The van der Waals surface area contributed by atoms with E-state index >= 15 is 0 Å². The highest BCUT2D eigenvalue weighted by Crippen LogP contribution is 2.44. The van der Waals surface area contributed by atoms with E-state index in [9.17, 15) is 9.59 Å². The lowest BCUT2D eigenvalue weighted by atomic mass is 9.96. The van der Waals surface area contributed by atoms with Gasteiger partial charge in [0.1, 0.15) is 18.1 Å². The number of hydrogen-bond donors (Lipinski definition) is 2. The van der Waals surface area contributed by atoms with E-state index in [1.807, 2.05) is 49.4 Å². The van der Waals surface area contributed by atoms with Gasteiger partial charge in [-0.05, 0) is 58.5 Å². The van der Waals surface area contributed by atoms with Crippen LogP contribution in [0.15, 0.2) is 91.0 Å². The van der Waals surface area contributed by atoms with E-state index in [2.05, 4.69) is 29.6 Å². The number of hydrogen-bond acceptors (Lipinski definition) is 5. The number of carboxylic acids is 1. The van der Waals surface area contributed by atoms with Crippen LogP contribution in [-0.2, 0) is 9.53 Å². The quantitative estimate of drug-likeness (QED) is 0.276. The van der Waals surface area contributed by atoms with Crippen molar-refractivity contribution in [3.8, 4) is 22.6 Å². The van der Waals surface area contributed by atoms with Crippen LogP contribution < -0.4 is 14.8 Å². The summed E-state index contributed by atoms with van der Waals surface area (Å²) in [6.07, 6.45) is -0.560. The van der Waals surface area contributed by atoms with Crippen LogP contribution in [0.4, 0.5) is 4.79 Å². The molecule has 0 aromatic heterocycles. The van der Waals surface area contributed by atoms with Crippen molar-refractivity contribution in [3.63, 3.8) is 0 Å². The molecule has 1 aliphatic carbocycles. The van der Waals surface area contributed by atoms with Crippen molar-refractivity contribution in [1.82, 2.24) is 5.32 Å². The molecule has 0 bridgehead atoms. The zero-order chi connectivity index (χ0) is 27.4. The summed E-state index contributed by atoms with van der Waals surface area (Å²) in [5, 5.41) is 11.9.